The summed E-state index contributed by atoms with van der Waals surface area (Å²) in [6.07, 6.45) is 3.16. The number of nitrogens with one attached hydrogen (secondary N) is 1. The van der Waals surface area contributed by atoms with Gasteiger partial charge in [0.1, 0.15) is 11.6 Å². The van der Waals surface area contributed by atoms with E-state index < -0.39 is 0 Å². The predicted molar refractivity (Wildman–Crippen MR) is 139 cm³/mol. The molecule has 3 N–H and O–H groups in total. The SMILES string of the molecule is COc1ccc(CCN2CCC(Nc3nc4ccc(N)cc4n3Cc3ccc(F)cc3)CC2)cc1. The molecule has 1 fully saturated rings. The number of aromatic nitrogens is 2. The van der Waals surface area contributed by atoms with Gasteiger partial charge in [-0.1, -0.05) is 24.3 Å². The maximum atomic E-state index is 13.4. The third-order valence-corrected chi connectivity index (χ3v) is 6.82. The summed E-state index contributed by atoms with van der Waals surface area (Å²) in [4.78, 5) is 7.40. The van der Waals surface area contributed by atoms with Crippen molar-refractivity contribution in [2.75, 3.05) is 37.8 Å². The lowest BCUT2D eigenvalue weighted by Gasteiger charge is -2.32. The molecule has 2 heterocycles. The number of hydrogen-bond donors (Lipinski definition) is 2. The molecule has 0 atom stereocenters. The van der Waals surface area contributed by atoms with Gasteiger partial charge in [0.05, 0.1) is 24.7 Å². The molecule has 1 aliphatic heterocycles. The lowest BCUT2D eigenvalue weighted by Crippen LogP contribution is -2.40. The molecule has 0 radical (unpaired) electrons. The number of anilines is 2. The van der Waals surface area contributed by atoms with Crippen LogP contribution in [0.5, 0.6) is 5.75 Å². The van der Waals surface area contributed by atoms with Gasteiger partial charge < -0.3 is 25.3 Å². The van der Waals surface area contributed by atoms with Crippen molar-refractivity contribution in [1.82, 2.24) is 14.5 Å². The number of ether oxygens (including phenoxy) is 1. The first kappa shape index (κ1) is 23.2. The normalized spacial score (nSPS) is 14.9. The van der Waals surface area contributed by atoms with E-state index in [-0.39, 0.29) is 5.82 Å². The number of methoxy groups -OCH3 is 1. The lowest BCUT2D eigenvalue weighted by molar-refractivity contribution is 0.221. The highest BCUT2D eigenvalue weighted by atomic mass is 19.1. The molecule has 0 aliphatic carbocycles. The number of rotatable bonds is 8. The van der Waals surface area contributed by atoms with E-state index in [4.69, 9.17) is 15.5 Å². The molecule has 0 unspecified atom stereocenters. The lowest BCUT2D eigenvalue weighted by atomic mass is 10.0. The standard InChI is InChI=1S/C28H32FN5O/c1-35-25-9-4-20(5-10-25)12-15-33-16-13-24(14-17-33)31-28-32-26-11-8-23(30)18-27(26)34(28)19-21-2-6-22(29)7-3-21/h2-11,18,24H,12-17,19,30H2,1H3,(H,31,32). The van der Waals surface area contributed by atoms with Crippen molar-refractivity contribution in [3.05, 3.63) is 83.7 Å². The Balaban J connectivity index is 1.23. The highest BCUT2D eigenvalue weighted by molar-refractivity contribution is 5.82. The zero-order valence-corrected chi connectivity index (χ0v) is 20.1. The van der Waals surface area contributed by atoms with E-state index in [1.54, 1.807) is 7.11 Å². The van der Waals surface area contributed by atoms with E-state index in [9.17, 15) is 4.39 Å². The van der Waals surface area contributed by atoms with E-state index in [1.165, 1.54) is 17.7 Å². The van der Waals surface area contributed by atoms with Crippen molar-refractivity contribution in [3.63, 3.8) is 0 Å². The molecular formula is C28H32FN5O. The largest absolute Gasteiger partial charge is 0.497 e. The maximum Gasteiger partial charge on any atom is 0.204 e. The van der Waals surface area contributed by atoms with Crippen LogP contribution in [0.2, 0.25) is 0 Å². The van der Waals surface area contributed by atoms with Crippen LogP contribution in [0.3, 0.4) is 0 Å². The van der Waals surface area contributed by atoms with Crippen molar-refractivity contribution < 1.29 is 9.13 Å². The molecule has 5 rings (SSSR count). The maximum absolute atomic E-state index is 13.4. The Bertz CT molecular complexity index is 1260. The molecule has 1 aliphatic rings. The van der Waals surface area contributed by atoms with Gasteiger partial charge in [-0.2, -0.15) is 0 Å². The Morgan fingerprint density at radius 3 is 2.43 bits per heavy atom. The van der Waals surface area contributed by atoms with Crippen LogP contribution in [0.15, 0.2) is 66.7 Å². The second-order valence-corrected chi connectivity index (χ2v) is 9.25. The molecule has 3 aromatic carbocycles. The molecule has 0 amide bonds. The average Bonchev–Trinajstić information content (AvgIpc) is 3.21. The van der Waals surface area contributed by atoms with Crippen LogP contribution < -0.4 is 15.8 Å². The van der Waals surface area contributed by atoms with Crippen LogP contribution in [0, 0.1) is 5.82 Å². The zero-order chi connectivity index (χ0) is 24.2. The molecule has 4 aromatic rings. The monoisotopic (exact) mass is 473 g/mol. The summed E-state index contributed by atoms with van der Waals surface area (Å²) in [6.45, 7) is 3.77. The van der Waals surface area contributed by atoms with Gasteiger partial charge in [0.25, 0.3) is 0 Å². The van der Waals surface area contributed by atoms with Crippen molar-refractivity contribution in [2.24, 2.45) is 0 Å². The fourth-order valence-electron chi connectivity index (χ4n) is 4.75. The summed E-state index contributed by atoms with van der Waals surface area (Å²) in [6, 6.07) is 21.1. The smallest absolute Gasteiger partial charge is 0.204 e. The quantitative estimate of drug-likeness (QED) is 0.355. The van der Waals surface area contributed by atoms with E-state index >= 15 is 0 Å². The van der Waals surface area contributed by atoms with Crippen LogP contribution in [0.4, 0.5) is 16.0 Å². The first-order chi connectivity index (χ1) is 17.1. The van der Waals surface area contributed by atoms with Crippen LogP contribution in [0.1, 0.15) is 24.0 Å². The van der Waals surface area contributed by atoms with Gasteiger partial charge in [0, 0.05) is 31.4 Å². The highest BCUT2D eigenvalue weighted by Gasteiger charge is 2.21. The van der Waals surface area contributed by atoms with Crippen molar-refractivity contribution in [2.45, 2.75) is 31.8 Å². The van der Waals surface area contributed by atoms with E-state index in [0.717, 1.165) is 67.2 Å². The van der Waals surface area contributed by atoms with Crippen LogP contribution in [-0.4, -0.2) is 47.2 Å². The summed E-state index contributed by atoms with van der Waals surface area (Å²) in [5.41, 5.74) is 11.0. The summed E-state index contributed by atoms with van der Waals surface area (Å²) < 4.78 is 20.8. The van der Waals surface area contributed by atoms with Crippen molar-refractivity contribution >= 4 is 22.7 Å². The molecule has 182 valence electrons. The number of nitrogens with two attached hydrogens (primary N) is 1. The van der Waals surface area contributed by atoms with Crippen LogP contribution in [-0.2, 0) is 13.0 Å². The number of nitrogen functional groups attached to an aromatic ring is 1. The Morgan fingerprint density at radius 2 is 1.71 bits per heavy atom. The molecule has 6 nitrogen and oxygen atoms in total. The zero-order valence-electron chi connectivity index (χ0n) is 20.1. The Labute approximate surface area is 205 Å². The van der Waals surface area contributed by atoms with Gasteiger partial charge in [-0.3, -0.25) is 0 Å². The molecule has 0 saturated carbocycles. The molecule has 35 heavy (non-hydrogen) atoms. The van der Waals surface area contributed by atoms with Gasteiger partial charge in [0.15, 0.2) is 0 Å². The minimum absolute atomic E-state index is 0.231. The number of likely N-dealkylation sites (tertiary alicyclic amines) is 1. The van der Waals surface area contributed by atoms with Gasteiger partial charge in [0.2, 0.25) is 5.95 Å². The Kier molecular flexibility index (Phi) is 6.86. The minimum Gasteiger partial charge on any atom is -0.497 e. The number of nitrogens with zero attached hydrogens (tertiary/aromatic N) is 3. The van der Waals surface area contributed by atoms with E-state index in [0.29, 0.717) is 18.3 Å². The van der Waals surface area contributed by atoms with Crippen LogP contribution in [0.25, 0.3) is 11.0 Å². The number of piperidine rings is 1. The van der Waals surface area contributed by atoms with Crippen molar-refractivity contribution in [3.8, 4) is 5.75 Å². The topological polar surface area (TPSA) is 68.3 Å². The summed E-state index contributed by atoms with van der Waals surface area (Å²) in [5, 5.41) is 3.69. The van der Waals surface area contributed by atoms with Gasteiger partial charge >= 0.3 is 0 Å². The van der Waals surface area contributed by atoms with E-state index in [2.05, 4.69) is 26.9 Å². The molecule has 7 heteroatoms. The molecule has 0 bridgehead atoms. The Hall–Kier alpha value is -3.58. The molecule has 1 aromatic heterocycles. The second-order valence-electron chi connectivity index (χ2n) is 9.25. The van der Waals surface area contributed by atoms with Crippen LogP contribution >= 0.6 is 0 Å². The van der Waals surface area contributed by atoms with Crippen molar-refractivity contribution in [1.29, 1.82) is 0 Å². The van der Waals surface area contributed by atoms with Gasteiger partial charge in [-0.15, -0.1) is 0 Å². The van der Waals surface area contributed by atoms with E-state index in [1.807, 2.05) is 42.5 Å². The number of imidazole rings is 1. The summed E-state index contributed by atoms with van der Waals surface area (Å²) in [7, 11) is 1.69. The Morgan fingerprint density at radius 1 is 1.00 bits per heavy atom. The first-order valence-electron chi connectivity index (χ1n) is 12.2. The third kappa shape index (κ3) is 5.57. The number of hydrogen-bond acceptors (Lipinski definition) is 5. The fourth-order valence-corrected chi connectivity index (χ4v) is 4.75. The third-order valence-electron chi connectivity index (χ3n) is 6.82. The molecule has 1 saturated heterocycles. The average molecular weight is 474 g/mol. The second kappa shape index (κ2) is 10.4. The predicted octanol–water partition coefficient (Wildman–Crippen LogP) is 4.93. The van der Waals surface area contributed by atoms with Gasteiger partial charge in [-0.05, 0) is 72.9 Å². The fraction of sp³-hybridized carbons (Fsp3) is 0.321. The summed E-state index contributed by atoms with van der Waals surface area (Å²) in [5.74, 6) is 1.51. The first-order valence-corrected chi connectivity index (χ1v) is 12.2. The molecular weight excluding hydrogens is 441 g/mol. The highest BCUT2D eigenvalue weighted by Crippen LogP contribution is 2.26. The summed E-state index contributed by atoms with van der Waals surface area (Å²) >= 11 is 0. The molecule has 0 spiro atoms. The van der Waals surface area contributed by atoms with Gasteiger partial charge in [-0.25, -0.2) is 9.37 Å². The number of fused-ring (bicyclic) bond motifs is 1. The number of benzene rings is 3. The minimum atomic E-state index is -0.231. The number of halogens is 1.